The molecule has 0 bridgehead atoms. The van der Waals surface area contributed by atoms with Crippen molar-refractivity contribution in [3.8, 4) is 16.9 Å². The van der Waals surface area contributed by atoms with Crippen LogP contribution in [0.15, 0.2) is 60.8 Å². The monoisotopic (exact) mass is 498 g/mol. The van der Waals surface area contributed by atoms with Gasteiger partial charge in [-0.3, -0.25) is 9.59 Å². The lowest BCUT2D eigenvalue weighted by molar-refractivity contribution is -0.138. The van der Waals surface area contributed by atoms with Crippen LogP contribution in [0.2, 0.25) is 0 Å². The van der Waals surface area contributed by atoms with E-state index in [0.717, 1.165) is 11.6 Å². The van der Waals surface area contributed by atoms with E-state index in [9.17, 15) is 22.8 Å². The molecule has 1 saturated heterocycles. The molecule has 0 saturated carbocycles. The molecule has 0 radical (unpaired) electrons. The van der Waals surface area contributed by atoms with Gasteiger partial charge in [0.15, 0.2) is 11.6 Å². The zero-order valence-corrected chi connectivity index (χ0v) is 19.6. The minimum Gasteiger partial charge on any atom is -0.485 e. The zero-order valence-electron chi connectivity index (χ0n) is 19.6. The number of nitrogens with zero attached hydrogens (tertiary/aromatic N) is 3. The van der Waals surface area contributed by atoms with E-state index in [-0.39, 0.29) is 35.6 Å². The molecule has 0 unspecified atom stereocenters. The van der Waals surface area contributed by atoms with Gasteiger partial charge in [0.1, 0.15) is 6.61 Å². The first-order valence-corrected chi connectivity index (χ1v) is 11.3. The Balaban J connectivity index is 1.46. The van der Waals surface area contributed by atoms with Crippen LogP contribution in [0.3, 0.4) is 0 Å². The van der Waals surface area contributed by atoms with Gasteiger partial charge in [-0.05, 0) is 29.8 Å². The SMILES string of the molecule is CC(=O)N1CCN(C(=O)c2ccc(-c3cnc(N)c(OCc4ccccc4C(F)(F)F)c3)cc2)CC1. The van der Waals surface area contributed by atoms with Gasteiger partial charge in [0.2, 0.25) is 5.91 Å². The number of rotatable bonds is 5. The highest BCUT2D eigenvalue weighted by atomic mass is 19.4. The van der Waals surface area contributed by atoms with Crippen LogP contribution in [-0.4, -0.2) is 52.8 Å². The highest BCUT2D eigenvalue weighted by molar-refractivity contribution is 5.95. The molecule has 188 valence electrons. The Morgan fingerprint density at radius 1 is 0.972 bits per heavy atom. The third kappa shape index (κ3) is 5.59. The average molecular weight is 499 g/mol. The van der Waals surface area contributed by atoms with Gasteiger partial charge >= 0.3 is 6.18 Å². The smallest absolute Gasteiger partial charge is 0.416 e. The van der Waals surface area contributed by atoms with E-state index < -0.39 is 11.7 Å². The van der Waals surface area contributed by atoms with Crippen LogP contribution >= 0.6 is 0 Å². The summed E-state index contributed by atoms with van der Waals surface area (Å²) in [5.41, 5.74) is 7.00. The van der Waals surface area contributed by atoms with Crippen molar-refractivity contribution in [2.45, 2.75) is 19.7 Å². The van der Waals surface area contributed by atoms with Crippen LogP contribution in [0.5, 0.6) is 5.75 Å². The predicted molar refractivity (Wildman–Crippen MR) is 128 cm³/mol. The molecular formula is C26H25F3N4O3. The van der Waals surface area contributed by atoms with E-state index in [1.165, 1.54) is 31.3 Å². The number of aromatic nitrogens is 1. The van der Waals surface area contributed by atoms with Crippen LogP contribution < -0.4 is 10.5 Å². The average Bonchev–Trinajstić information content (AvgIpc) is 2.87. The molecule has 10 heteroatoms. The second-order valence-corrected chi connectivity index (χ2v) is 8.43. The molecular weight excluding hydrogens is 473 g/mol. The van der Waals surface area contributed by atoms with Crippen molar-refractivity contribution in [2.24, 2.45) is 0 Å². The van der Waals surface area contributed by atoms with Crippen molar-refractivity contribution in [1.82, 2.24) is 14.8 Å². The Labute approximate surface area is 206 Å². The number of benzene rings is 2. The summed E-state index contributed by atoms with van der Waals surface area (Å²) in [6, 6.07) is 13.7. The number of alkyl halides is 3. The topological polar surface area (TPSA) is 88.8 Å². The van der Waals surface area contributed by atoms with Crippen LogP contribution in [0, 0.1) is 0 Å². The molecule has 1 fully saturated rings. The highest BCUT2D eigenvalue weighted by Gasteiger charge is 2.33. The van der Waals surface area contributed by atoms with E-state index in [1.807, 2.05) is 0 Å². The Hall–Kier alpha value is -4.08. The van der Waals surface area contributed by atoms with Crippen molar-refractivity contribution >= 4 is 17.6 Å². The maximum atomic E-state index is 13.3. The van der Waals surface area contributed by atoms with Gasteiger partial charge < -0.3 is 20.3 Å². The Bertz CT molecular complexity index is 1250. The summed E-state index contributed by atoms with van der Waals surface area (Å²) in [6.45, 7) is 3.15. The summed E-state index contributed by atoms with van der Waals surface area (Å²) >= 11 is 0. The molecule has 0 spiro atoms. The van der Waals surface area contributed by atoms with Gasteiger partial charge in [0.25, 0.3) is 5.91 Å². The molecule has 2 aromatic carbocycles. The quantitative estimate of drug-likeness (QED) is 0.569. The molecule has 1 aliphatic heterocycles. The minimum atomic E-state index is -4.49. The number of nitrogens with two attached hydrogens (primary N) is 1. The second kappa shape index (κ2) is 10.3. The van der Waals surface area contributed by atoms with Crippen molar-refractivity contribution < 1.29 is 27.5 Å². The van der Waals surface area contributed by atoms with Gasteiger partial charge in [-0.15, -0.1) is 0 Å². The number of carbonyl (C=O) groups excluding carboxylic acids is 2. The zero-order chi connectivity index (χ0) is 25.9. The van der Waals surface area contributed by atoms with Crippen molar-refractivity contribution in [3.63, 3.8) is 0 Å². The fraction of sp³-hybridized carbons (Fsp3) is 0.269. The Morgan fingerprint density at radius 2 is 1.61 bits per heavy atom. The lowest BCUT2D eigenvalue weighted by Gasteiger charge is -2.34. The van der Waals surface area contributed by atoms with Crippen LogP contribution in [0.4, 0.5) is 19.0 Å². The third-order valence-corrected chi connectivity index (χ3v) is 6.07. The fourth-order valence-electron chi connectivity index (χ4n) is 4.02. The van der Waals surface area contributed by atoms with E-state index in [4.69, 9.17) is 10.5 Å². The first-order valence-electron chi connectivity index (χ1n) is 11.3. The molecule has 2 heterocycles. The molecule has 3 aromatic rings. The van der Waals surface area contributed by atoms with Crippen LogP contribution in [0.1, 0.15) is 28.4 Å². The highest BCUT2D eigenvalue weighted by Crippen LogP contribution is 2.33. The Morgan fingerprint density at radius 3 is 2.25 bits per heavy atom. The molecule has 2 N–H and O–H groups in total. The van der Waals surface area contributed by atoms with Gasteiger partial charge in [0, 0.05) is 56.0 Å². The maximum Gasteiger partial charge on any atom is 0.416 e. The number of hydrogen-bond acceptors (Lipinski definition) is 5. The van der Waals surface area contributed by atoms with Crippen LogP contribution in [0.25, 0.3) is 11.1 Å². The van der Waals surface area contributed by atoms with Crippen LogP contribution in [-0.2, 0) is 17.6 Å². The van der Waals surface area contributed by atoms with Crippen molar-refractivity contribution in [3.05, 3.63) is 77.5 Å². The molecule has 0 aliphatic carbocycles. The normalized spacial score (nSPS) is 14.0. The summed E-state index contributed by atoms with van der Waals surface area (Å²) < 4.78 is 45.4. The lowest BCUT2D eigenvalue weighted by atomic mass is 10.0. The summed E-state index contributed by atoms with van der Waals surface area (Å²) in [7, 11) is 0. The van der Waals surface area contributed by atoms with E-state index in [2.05, 4.69) is 4.98 Å². The molecule has 1 aliphatic rings. The summed E-state index contributed by atoms with van der Waals surface area (Å²) in [5.74, 6) is 0.0942. The molecule has 36 heavy (non-hydrogen) atoms. The number of amides is 2. The van der Waals surface area contributed by atoms with Gasteiger partial charge in [-0.25, -0.2) is 4.98 Å². The number of ether oxygens (including phenoxy) is 1. The standard InChI is InChI=1S/C26H25F3N4O3/c1-17(34)32-10-12-33(13-11-32)25(35)19-8-6-18(7-9-19)21-14-23(24(30)31-15-21)36-16-20-4-2-3-5-22(20)26(27,28)29/h2-9,14-15H,10-13,16H2,1H3,(H2,30,31). The fourth-order valence-corrected chi connectivity index (χ4v) is 4.02. The van der Waals surface area contributed by atoms with Gasteiger partial charge in [-0.2, -0.15) is 13.2 Å². The molecule has 2 amide bonds. The van der Waals surface area contributed by atoms with E-state index in [1.54, 1.807) is 40.1 Å². The van der Waals surface area contributed by atoms with Crippen molar-refractivity contribution in [1.29, 1.82) is 0 Å². The molecule has 1 aromatic heterocycles. The summed E-state index contributed by atoms with van der Waals surface area (Å²) in [6.07, 6.45) is -2.96. The number of pyridine rings is 1. The first kappa shape index (κ1) is 25.0. The second-order valence-electron chi connectivity index (χ2n) is 8.43. The van der Waals surface area contributed by atoms with Gasteiger partial charge in [0.05, 0.1) is 5.56 Å². The van der Waals surface area contributed by atoms with Crippen molar-refractivity contribution in [2.75, 3.05) is 31.9 Å². The largest absolute Gasteiger partial charge is 0.485 e. The molecule has 4 rings (SSSR count). The number of hydrogen-bond donors (Lipinski definition) is 1. The van der Waals surface area contributed by atoms with E-state index >= 15 is 0 Å². The lowest BCUT2D eigenvalue weighted by Crippen LogP contribution is -2.50. The number of piperazine rings is 1. The third-order valence-electron chi connectivity index (χ3n) is 6.07. The van der Waals surface area contributed by atoms with Gasteiger partial charge in [-0.1, -0.05) is 30.3 Å². The molecule has 7 nitrogen and oxygen atoms in total. The molecule has 0 atom stereocenters. The number of anilines is 1. The maximum absolute atomic E-state index is 13.3. The number of nitrogen functional groups attached to an aromatic ring is 1. The Kier molecular flexibility index (Phi) is 7.14. The first-order chi connectivity index (χ1) is 17.1. The minimum absolute atomic E-state index is 0.00327. The number of halogens is 3. The summed E-state index contributed by atoms with van der Waals surface area (Å²) in [5, 5.41) is 0. The summed E-state index contributed by atoms with van der Waals surface area (Å²) in [4.78, 5) is 31.9. The van der Waals surface area contributed by atoms with E-state index in [0.29, 0.717) is 37.3 Å². The number of carbonyl (C=O) groups is 2. The predicted octanol–water partition coefficient (Wildman–Crippen LogP) is 4.23.